The van der Waals surface area contributed by atoms with Crippen molar-refractivity contribution in [2.24, 2.45) is 0 Å². The molecule has 0 saturated heterocycles. The molecule has 1 heterocycles. The number of pyridine rings is 1. The van der Waals surface area contributed by atoms with Gasteiger partial charge in [0.2, 0.25) is 0 Å². The summed E-state index contributed by atoms with van der Waals surface area (Å²) in [6, 6.07) is 15.4. The predicted molar refractivity (Wildman–Crippen MR) is 111 cm³/mol. The third-order valence-corrected chi connectivity index (χ3v) is 5.03. The lowest BCUT2D eigenvalue weighted by molar-refractivity contribution is 0.280. The van der Waals surface area contributed by atoms with E-state index in [2.05, 4.69) is 26.2 Å². The minimum atomic E-state index is 0.430. The van der Waals surface area contributed by atoms with E-state index in [1.165, 1.54) is 0 Å². The average Bonchev–Trinajstić information content (AvgIpc) is 2.70. The van der Waals surface area contributed by atoms with E-state index in [4.69, 9.17) is 21.1 Å². The van der Waals surface area contributed by atoms with Crippen molar-refractivity contribution in [3.63, 3.8) is 0 Å². The van der Waals surface area contributed by atoms with Crippen LogP contribution in [0.4, 0.5) is 0 Å². The average molecular weight is 448 g/mol. The minimum absolute atomic E-state index is 0.430. The van der Waals surface area contributed by atoms with Crippen LogP contribution in [0.15, 0.2) is 65.4 Å². The number of hydrogen-bond acceptors (Lipinski definition) is 4. The number of aromatic nitrogens is 1. The van der Waals surface area contributed by atoms with E-state index < -0.39 is 0 Å². The van der Waals surface area contributed by atoms with E-state index >= 15 is 0 Å². The zero-order chi connectivity index (χ0) is 19.1. The Labute approximate surface area is 172 Å². The molecule has 3 rings (SSSR count). The van der Waals surface area contributed by atoms with Crippen LogP contribution in [0.3, 0.4) is 0 Å². The number of nitrogens with one attached hydrogen (secondary N) is 1. The van der Waals surface area contributed by atoms with Gasteiger partial charge in [0.25, 0.3) is 0 Å². The summed E-state index contributed by atoms with van der Waals surface area (Å²) >= 11 is 9.58. The van der Waals surface area contributed by atoms with Gasteiger partial charge in [-0.05, 0) is 41.5 Å². The molecule has 0 radical (unpaired) electrons. The van der Waals surface area contributed by atoms with Crippen molar-refractivity contribution < 1.29 is 9.47 Å². The van der Waals surface area contributed by atoms with Gasteiger partial charge in [0.15, 0.2) is 11.5 Å². The van der Waals surface area contributed by atoms with Crippen molar-refractivity contribution in [2.75, 3.05) is 7.11 Å². The number of rotatable bonds is 8. The molecule has 0 aliphatic rings. The molecule has 0 aliphatic heterocycles. The molecule has 0 unspecified atom stereocenters. The second kappa shape index (κ2) is 9.74. The second-order valence-corrected chi connectivity index (χ2v) is 7.23. The Morgan fingerprint density at radius 3 is 2.56 bits per heavy atom. The molecular weight excluding hydrogens is 428 g/mol. The highest BCUT2D eigenvalue weighted by molar-refractivity contribution is 9.10. The van der Waals surface area contributed by atoms with Crippen LogP contribution in [-0.4, -0.2) is 12.1 Å². The van der Waals surface area contributed by atoms with Crippen LogP contribution in [0, 0.1) is 0 Å². The summed E-state index contributed by atoms with van der Waals surface area (Å²) in [5, 5.41) is 4.14. The normalized spacial score (nSPS) is 10.6. The molecule has 0 saturated carbocycles. The number of ether oxygens (including phenoxy) is 2. The van der Waals surface area contributed by atoms with Crippen molar-refractivity contribution in [3.05, 3.63) is 87.1 Å². The Kier molecular flexibility index (Phi) is 7.10. The van der Waals surface area contributed by atoms with Crippen LogP contribution in [0.1, 0.15) is 16.7 Å². The smallest absolute Gasteiger partial charge is 0.167 e. The van der Waals surface area contributed by atoms with Crippen molar-refractivity contribution in [3.8, 4) is 11.5 Å². The highest BCUT2D eigenvalue weighted by atomic mass is 79.9. The summed E-state index contributed by atoms with van der Waals surface area (Å²) in [7, 11) is 1.64. The van der Waals surface area contributed by atoms with Gasteiger partial charge in [-0.3, -0.25) is 4.98 Å². The summed E-state index contributed by atoms with van der Waals surface area (Å²) in [4.78, 5) is 4.14. The third-order valence-electron chi connectivity index (χ3n) is 4.04. The first kappa shape index (κ1) is 19.7. The van der Waals surface area contributed by atoms with Crippen LogP contribution in [0.2, 0.25) is 5.02 Å². The van der Waals surface area contributed by atoms with E-state index in [9.17, 15) is 0 Å². The molecule has 6 heteroatoms. The van der Waals surface area contributed by atoms with Gasteiger partial charge < -0.3 is 14.8 Å². The van der Waals surface area contributed by atoms with Gasteiger partial charge >= 0.3 is 0 Å². The minimum Gasteiger partial charge on any atom is -0.493 e. The molecule has 140 valence electrons. The van der Waals surface area contributed by atoms with E-state index in [1.54, 1.807) is 13.3 Å². The molecule has 0 aliphatic carbocycles. The molecule has 27 heavy (non-hydrogen) atoms. The fourth-order valence-electron chi connectivity index (χ4n) is 2.64. The molecule has 1 aromatic heterocycles. The Morgan fingerprint density at radius 1 is 1.04 bits per heavy atom. The van der Waals surface area contributed by atoms with E-state index in [0.717, 1.165) is 26.9 Å². The zero-order valence-electron chi connectivity index (χ0n) is 14.9. The quantitative estimate of drug-likeness (QED) is 0.504. The lowest BCUT2D eigenvalue weighted by Gasteiger charge is -2.17. The van der Waals surface area contributed by atoms with Crippen LogP contribution >= 0.6 is 27.5 Å². The third kappa shape index (κ3) is 5.45. The molecule has 0 bridgehead atoms. The highest BCUT2D eigenvalue weighted by Gasteiger charge is 2.15. The zero-order valence-corrected chi connectivity index (χ0v) is 17.3. The van der Waals surface area contributed by atoms with Crippen LogP contribution < -0.4 is 14.8 Å². The number of benzene rings is 2. The van der Waals surface area contributed by atoms with Gasteiger partial charge in [0, 0.05) is 40.5 Å². The van der Waals surface area contributed by atoms with Gasteiger partial charge in [-0.1, -0.05) is 45.7 Å². The molecule has 0 amide bonds. The van der Waals surface area contributed by atoms with Gasteiger partial charge in [-0.25, -0.2) is 0 Å². The number of nitrogens with zero attached hydrogens (tertiary/aromatic N) is 1. The first-order valence-electron chi connectivity index (χ1n) is 8.49. The first-order valence-corrected chi connectivity index (χ1v) is 9.66. The van der Waals surface area contributed by atoms with Crippen LogP contribution in [-0.2, 0) is 19.7 Å². The topological polar surface area (TPSA) is 43.4 Å². The fourth-order valence-corrected chi connectivity index (χ4v) is 3.22. The summed E-state index contributed by atoms with van der Waals surface area (Å²) in [5.74, 6) is 1.42. The molecule has 2 aromatic carbocycles. The lowest BCUT2D eigenvalue weighted by Crippen LogP contribution is -2.14. The lowest BCUT2D eigenvalue weighted by atomic mass is 10.1. The van der Waals surface area contributed by atoms with Gasteiger partial charge in [-0.15, -0.1) is 0 Å². The maximum absolute atomic E-state index is 6.12. The Morgan fingerprint density at radius 2 is 1.85 bits per heavy atom. The van der Waals surface area contributed by atoms with Crippen LogP contribution in [0.5, 0.6) is 11.5 Å². The summed E-state index contributed by atoms with van der Waals surface area (Å²) in [6.07, 6.45) is 3.62. The summed E-state index contributed by atoms with van der Waals surface area (Å²) in [6.45, 7) is 1.77. The monoisotopic (exact) mass is 446 g/mol. The maximum atomic E-state index is 6.12. The molecule has 0 fully saturated rings. The molecular formula is C21H20BrClN2O2. The summed E-state index contributed by atoms with van der Waals surface area (Å²) < 4.78 is 12.6. The molecule has 4 nitrogen and oxygen atoms in total. The Hall–Kier alpha value is -2.08. The van der Waals surface area contributed by atoms with Gasteiger partial charge in [0.05, 0.1) is 7.11 Å². The molecule has 1 N–H and O–H groups in total. The highest BCUT2D eigenvalue weighted by Crippen LogP contribution is 2.36. The molecule has 0 atom stereocenters. The SMILES string of the molecule is COc1ccc(Br)c(CNCc2cccnc2)c1OCc1ccc(Cl)cc1. The predicted octanol–water partition coefficient (Wildman–Crippen LogP) is 5.37. The largest absolute Gasteiger partial charge is 0.493 e. The standard InChI is InChI=1S/C21H20BrClN2O2/c1-26-20-9-8-19(22)18(13-25-12-16-3-2-10-24-11-16)21(20)27-14-15-4-6-17(23)7-5-15/h2-11,25H,12-14H2,1H3. The summed E-state index contributed by atoms with van der Waals surface area (Å²) in [5.41, 5.74) is 3.17. The van der Waals surface area contributed by atoms with Gasteiger partial charge in [-0.2, -0.15) is 0 Å². The van der Waals surface area contributed by atoms with Gasteiger partial charge in [0.1, 0.15) is 6.61 Å². The van der Waals surface area contributed by atoms with Crippen molar-refractivity contribution >= 4 is 27.5 Å². The van der Waals surface area contributed by atoms with E-state index in [1.807, 2.05) is 54.7 Å². The number of methoxy groups -OCH3 is 1. The number of hydrogen-bond donors (Lipinski definition) is 1. The van der Waals surface area contributed by atoms with Crippen molar-refractivity contribution in [1.82, 2.24) is 10.3 Å². The molecule has 0 spiro atoms. The first-order chi connectivity index (χ1) is 13.2. The Bertz CT molecular complexity index is 873. The van der Waals surface area contributed by atoms with Crippen LogP contribution in [0.25, 0.3) is 0 Å². The Balaban J connectivity index is 1.74. The molecule has 3 aromatic rings. The maximum Gasteiger partial charge on any atom is 0.167 e. The van der Waals surface area contributed by atoms with E-state index in [0.29, 0.717) is 30.5 Å². The fraction of sp³-hybridized carbons (Fsp3) is 0.190. The van der Waals surface area contributed by atoms with Crippen molar-refractivity contribution in [1.29, 1.82) is 0 Å². The van der Waals surface area contributed by atoms with Crippen molar-refractivity contribution in [2.45, 2.75) is 19.7 Å². The van der Waals surface area contributed by atoms with E-state index in [-0.39, 0.29) is 0 Å². The number of halogens is 2. The second-order valence-electron chi connectivity index (χ2n) is 5.94.